The number of rotatable bonds is 6. The molecule has 2 N–H and O–H groups in total. The average molecular weight is 454 g/mol. The number of H-pyrrole nitrogens is 1. The smallest absolute Gasteiger partial charge is 0.273 e. The van der Waals surface area contributed by atoms with Crippen LogP contribution < -0.4 is 4.74 Å². The number of fused-ring (bicyclic) bond motifs is 1. The van der Waals surface area contributed by atoms with Gasteiger partial charge in [-0.25, -0.2) is 0 Å². The number of amides is 1. The maximum Gasteiger partial charge on any atom is 0.273 e. The van der Waals surface area contributed by atoms with Crippen LogP contribution in [0.1, 0.15) is 44.3 Å². The van der Waals surface area contributed by atoms with Crippen molar-refractivity contribution in [1.82, 2.24) is 15.1 Å². The molecule has 0 radical (unpaired) electrons. The van der Waals surface area contributed by atoms with Gasteiger partial charge in [-0.1, -0.05) is 42.5 Å². The number of carbonyl (C=O) groups excluding carboxylic acids is 1. The number of hydrogen-bond acceptors (Lipinski definition) is 4. The van der Waals surface area contributed by atoms with E-state index in [2.05, 4.69) is 10.2 Å². The quantitative estimate of drug-likeness (QED) is 0.421. The molecule has 1 aliphatic heterocycles. The number of nitrogens with zero attached hydrogens (tertiary/aromatic N) is 2. The molecule has 0 spiro atoms. The van der Waals surface area contributed by atoms with Crippen LogP contribution in [0.25, 0.3) is 11.3 Å². The van der Waals surface area contributed by atoms with Crippen LogP contribution >= 0.6 is 0 Å². The summed E-state index contributed by atoms with van der Waals surface area (Å²) >= 11 is 0. The minimum absolute atomic E-state index is 0.0839. The number of aryl methyl sites for hydroxylation is 2. The Labute approximate surface area is 198 Å². The first-order valence-corrected chi connectivity index (χ1v) is 11.4. The number of aromatic amines is 1. The van der Waals surface area contributed by atoms with Crippen molar-refractivity contribution in [3.8, 4) is 22.8 Å². The van der Waals surface area contributed by atoms with Crippen molar-refractivity contribution >= 4 is 5.91 Å². The molecule has 0 saturated carbocycles. The standard InChI is InChI=1S/C28H27N3O3/c1-17-15-22(23(32)16-18(17)2)25-24-26(30-29-25)28(33)31(27(24)20-7-5-4-6-8-20)14-13-19-9-11-21(34-3)12-10-19/h4-12,15-16,27,32H,13-14H2,1-3H3,(H,29,30)/t27-/m1/s1. The maximum atomic E-state index is 13.5. The number of aromatic hydroxyl groups is 1. The molecule has 6 nitrogen and oxygen atoms in total. The van der Waals surface area contributed by atoms with Crippen LogP contribution in [0.5, 0.6) is 11.5 Å². The number of nitrogens with one attached hydrogen (secondary N) is 1. The lowest BCUT2D eigenvalue weighted by atomic mass is 9.94. The van der Waals surface area contributed by atoms with E-state index < -0.39 is 0 Å². The fraction of sp³-hybridized carbons (Fsp3) is 0.214. The number of hydrogen-bond donors (Lipinski definition) is 2. The van der Waals surface area contributed by atoms with E-state index in [1.165, 1.54) is 0 Å². The number of benzene rings is 3. The predicted molar refractivity (Wildman–Crippen MR) is 131 cm³/mol. The van der Waals surface area contributed by atoms with Crippen molar-refractivity contribution in [3.63, 3.8) is 0 Å². The Kier molecular flexibility index (Phi) is 5.57. The van der Waals surface area contributed by atoms with Crippen LogP contribution in [0.15, 0.2) is 66.7 Å². The number of phenolic OH excluding ortho intramolecular Hbond substituents is 1. The molecule has 0 saturated heterocycles. The molecular formula is C28H27N3O3. The molecule has 1 amide bonds. The van der Waals surface area contributed by atoms with Crippen molar-refractivity contribution in [2.75, 3.05) is 13.7 Å². The zero-order chi connectivity index (χ0) is 23.8. The lowest BCUT2D eigenvalue weighted by molar-refractivity contribution is 0.0746. The first kappa shape index (κ1) is 21.8. The highest BCUT2D eigenvalue weighted by Gasteiger charge is 2.42. The van der Waals surface area contributed by atoms with Gasteiger partial charge in [-0.05, 0) is 66.8 Å². The Morgan fingerprint density at radius 3 is 2.44 bits per heavy atom. The minimum atomic E-state index is -0.295. The van der Waals surface area contributed by atoms with Crippen LogP contribution in [-0.4, -0.2) is 39.8 Å². The van der Waals surface area contributed by atoms with Gasteiger partial charge in [0.2, 0.25) is 0 Å². The Hall–Kier alpha value is -4.06. The number of methoxy groups -OCH3 is 1. The third-order valence-electron chi connectivity index (χ3n) is 6.65. The predicted octanol–water partition coefficient (Wildman–Crippen LogP) is 5.20. The van der Waals surface area contributed by atoms with Crippen LogP contribution in [0.3, 0.4) is 0 Å². The highest BCUT2D eigenvalue weighted by Crippen LogP contribution is 2.44. The summed E-state index contributed by atoms with van der Waals surface area (Å²) in [5.41, 5.74) is 6.74. The minimum Gasteiger partial charge on any atom is -0.507 e. The van der Waals surface area contributed by atoms with Gasteiger partial charge < -0.3 is 14.7 Å². The second-order valence-corrected chi connectivity index (χ2v) is 8.72. The van der Waals surface area contributed by atoms with Crippen LogP contribution in [0.2, 0.25) is 0 Å². The largest absolute Gasteiger partial charge is 0.507 e. The Bertz CT molecular complexity index is 1340. The third kappa shape index (κ3) is 3.71. The fourth-order valence-corrected chi connectivity index (χ4v) is 4.65. The van der Waals surface area contributed by atoms with E-state index in [4.69, 9.17) is 4.74 Å². The van der Waals surface area contributed by atoms with E-state index in [1.807, 2.05) is 79.4 Å². The zero-order valence-electron chi connectivity index (χ0n) is 19.5. The summed E-state index contributed by atoms with van der Waals surface area (Å²) in [6.07, 6.45) is 0.709. The van der Waals surface area contributed by atoms with Gasteiger partial charge in [0, 0.05) is 17.7 Å². The molecule has 5 rings (SSSR count). The molecule has 0 aliphatic carbocycles. The molecule has 0 bridgehead atoms. The molecular weight excluding hydrogens is 426 g/mol. The third-order valence-corrected chi connectivity index (χ3v) is 6.65. The SMILES string of the molecule is COc1ccc(CCN2C(=O)c3[nH]nc(-c4cc(C)c(C)cc4O)c3[C@H]2c2ccccc2)cc1. The summed E-state index contributed by atoms with van der Waals surface area (Å²) in [6, 6.07) is 21.3. The molecule has 0 fully saturated rings. The van der Waals surface area contributed by atoms with Crippen LogP contribution in [0, 0.1) is 13.8 Å². The lowest BCUT2D eigenvalue weighted by Gasteiger charge is -2.26. The Morgan fingerprint density at radius 1 is 1.03 bits per heavy atom. The van der Waals surface area contributed by atoms with Gasteiger partial charge >= 0.3 is 0 Å². The van der Waals surface area contributed by atoms with Gasteiger partial charge in [-0.2, -0.15) is 5.10 Å². The van der Waals surface area contributed by atoms with Gasteiger partial charge in [-0.3, -0.25) is 9.89 Å². The molecule has 172 valence electrons. The van der Waals surface area contributed by atoms with Crippen molar-refractivity contribution in [2.45, 2.75) is 26.3 Å². The first-order chi connectivity index (χ1) is 16.5. The van der Waals surface area contributed by atoms with Gasteiger partial charge in [0.25, 0.3) is 5.91 Å². The second-order valence-electron chi connectivity index (χ2n) is 8.72. The summed E-state index contributed by atoms with van der Waals surface area (Å²) < 4.78 is 5.26. The number of ether oxygens (including phenoxy) is 1. The molecule has 4 aromatic rings. The monoisotopic (exact) mass is 453 g/mol. The molecule has 0 unspecified atom stereocenters. The fourth-order valence-electron chi connectivity index (χ4n) is 4.65. The summed E-state index contributed by atoms with van der Waals surface area (Å²) in [5.74, 6) is 0.884. The van der Waals surface area contributed by atoms with E-state index in [9.17, 15) is 9.90 Å². The molecule has 1 aliphatic rings. The van der Waals surface area contributed by atoms with Gasteiger partial charge in [0.1, 0.15) is 22.9 Å². The van der Waals surface area contributed by atoms with E-state index in [1.54, 1.807) is 13.2 Å². The highest BCUT2D eigenvalue weighted by atomic mass is 16.5. The Balaban J connectivity index is 1.55. The molecule has 2 heterocycles. The van der Waals surface area contributed by atoms with Gasteiger partial charge in [0.05, 0.1) is 13.2 Å². The van der Waals surface area contributed by atoms with E-state index in [0.717, 1.165) is 33.6 Å². The zero-order valence-corrected chi connectivity index (χ0v) is 19.5. The van der Waals surface area contributed by atoms with Crippen molar-refractivity contribution in [2.24, 2.45) is 0 Å². The summed E-state index contributed by atoms with van der Waals surface area (Å²) in [6.45, 7) is 4.52. The lowest BCUT2D eigenvalue weighted by Crippen LogP contribution is -2.31. The van der Waals surface area contributed by atoms with E-state index in [0.29, 0.717) is 29.9 Å². The van der Waals surface area contributed by atoms with E-state index in [-0.39, 0.29) is 17.7 Å². The molecule has 1 aromatic heterocycles. The van der Waals surface area contributed by atoms with E-state index >= 15 is 0 Å². The van der Waals surface area contributed by atoms with Gasteiger partial charge in [-0.15, -0.1) is 0 Å². The second kappa shape index (κ2) is 8.71. The Morgan fingerprint density at radius 2 is 1.74 bits per heavy atom. The molecule has 3 aromatic carbocycles. The number of phenols is 1. The number of aromatic nitrogens is 2. The molecule has 34 heavy (non-hydrogen) atoms. The number of carbonyl (C=O) groups is 1. The van der Waals surface area contributed by atoms with Crippen molar-refractivity contribution in [1.29, 1.82) is 0 Å². The van der Waals surface area contributed by atoms with Crippen molar-refractivity contribution < 1.29 is 14.6 Å². The summed E-state index contributed by atoms with van der Waals surface area (Å²) in [7, 11) is 1.65. The van der Waals surface area contributed by atoms with Crippen LogP contribution in [0.4, 0.5) is 0 Å². The highest BCUT2D eigenvalue weighted by molar-refractivity contribution is 6.00. The summed E-state index contributed by atoms with van der Waals surface area (Å²) in [4.78, 5) is 15.4. The average Bonchev–Trinajstić information content (AvgIpc) is 3.39. The topological polar surface area (TPSA) is 78.5 Å². The molecule has 6 heteroatoms. The molecule has 1 atom stereocenters. The first-order valence-electron chi connectivity index (χ1n) is 11.4. The normalized spacial score (nSPS) is 15.0. The van der Waals surface area contributed by atoms with Gasteiger partial charge in [0.15, 0.2) is 0 Å². The van der Waals surface area contributed by atoms with Crippen molar-refractivity contribution in [3.05, 3.63) is 100 Å². The summed E-state index contributed by atoms with van der Waals surface area (Å²) in [5, 5.41) is 18.2. The maximum absolute atomic E-state index is 13.5. The van der Waals surface area contributed by atoms with Crippen LogP contribution in [-0.2, 0) is 6.42 Å².